The number of rotatable bonds is 3. The van der Waals surface area contributed by atoms with E-state index in [0.717, 1.165) is 0 Å². The molecule has 0 saturated carbocycles. The van der Waals surface area contributed by atoms with E-state index in [-0.39, 0.29) is 18.2 Å². The van der Waals surface area contributed by atoms with Gasteiger partial charge in [-0.25, -0.2) is 4.79 Å². The average Bonchev–Trinajstić information content (AvgIpc) is 2.48. The summed E-state index contributed by atoms with van der Waals surface area (Å²) in [5.74, 6) is -0.198. The number of nitrogens with zero attached hydrogens (tertiary/aromatic N) is 1. The fourth-order valence-corrected chi connectivity index (χ4v) is 1.05. The first-order valence-electron chi connectivity index (χ1n) is 6.16. The molecule has 0 fully saturated rings. The second kappa shape index (κ2) is 9.79. The summed E-state index contributed by atoms with van der Waals surface area (Å²) < 4.78 is 0. The topological polar surface area (TPSA) is 148 Å². The van der Waals surface area contributed by atoms with Crippen LogP contribution in [0.15, 0.2) is 35.6 Å². The molecule has 0 aliphatic heterocycles. The van der Waals surface area contributed by atoms with Gasteiger partial charge in [-0.3, -0.25) is 10.1 Å². The first-order chi connectivity index (χ1) is 10.3. The van der Waals surface area contributed by atoms with Crippen LogP contribution in [0.3, 0.4) is 0 Å². The van der Waals surface area contributed by atoms with Crippen LogP contribution in [0, 0.1) is 11.3 Å². The summed E-state index contributed by atoms with van der Waals surface area (Å²) in [6.45, 7) is 2.96. The summed E-state index contributed by atoms with van der Waals surface area (Å²) in [6, 6.07) is 8.04. The van der Waals surface area contributed by atoms with E-state index in [1.54, 1.807) is 37.3 Å². The van der Waals surface area contributed by atoms with Gasteiger partial charge in [-0.15, -0.1) is 0 Å². The number of nitrogens with two attached hydrogens (primary N) is 1. The lowest BCUT2D eigenvalue weighted by atomic mass is 10.3. The van der Waals surface area contributed by atoms with Crippen molar-refractivity contribution in [3.8, 4) is 6.07 Å². The highest BCUT2D eigenvalue weighted by Gasteiger charge is 2.00. The van der Waals surface area contributed by atoms with Crippen molar-refractivity contribution < 1.29 is 19.8 Å². The number of carbonyl (C=O) groups excluding carboxylic acids is 1. The van der Waals surface area contributed by atoms with Crippen LogP contribution in [0.25, 0.3) is 0 Å². The van der Waals surface area contributed by atoms with Crippen LogP contribution in [-0.2, 0) is 4.79 Å². The van der Waals surface area contributed by atoms with Crippen molar-refractivity contribution in [1.29, 1.82) is 5.26 Å². The molecule has 22 heavy (non-hydrogen) atoms. The molecule has 0 heterocycles. The minimum absolute atomic E-state index is 0.0882. The lowest BCUT2D eigenvalue weighted by Crippen LogP contribution is -2.21. The second-order valence-electron chi connectivity index (χ2n) is 4.08. The molecule has 0 aromatic heterocycles. The van der Waals surface area contributed by atoms with Gasteiger partial charge in [-0.1, -0.05) is 0 Å². The number of nitriles is 1. The molecule has 0 bridgehead atoms. The van der Waals surface area contributed by atoms with Crippen LogP contribution < -0.4 is 16.4 Å². The molecule has 1 aromatic carbocycles. The zero-order valence-electron chi connectivity index (χ0n) is 12.3. The van der Waals surface area contributed by atoms with Crippen molar-refractivity contribution >= 4 is 23.4 Å². The van der Waals surface area contributed by atoms with E-state index in [1.165, 1.54) is 6.92 Å². The Kier molecular flexibility index (Phi) is 8.43. The van der Waals surface area contributed by atoms with Crippen LogP contribution in [-0.4, -0.2) is 28.8 Å². The molecule has 0 unspecified atom stereocenters. The number of nitrogens with one attached hydrogen (secondary N) is 2. The quantitative estimate of drug-likeness (QED) is 0.426. The maximum atomic E-state index is 10.9. The van der Waals surface area contributed by atoms with Crippen LogP contribution in [0.2, 0.25) is 0 Å². The normalized spacial score (nSPS) is 10.3. The SMILES string of the molecule is CC(O)=C(C)C#N.NCC(=O)Nc1ccc(NC(=O)O)cc1. The number of hydrogen-bond acceptors (Lipinski definition) is 5. The smallest absolute Gasteiger partial charge is 0.409 e. The van der Waals surface area contributed by atoms with Crippen molar-refractivity contribution in [1.82, 2.24) is 0 Å². The molecule has 2 amide bonds. The molecule has 0 spiro atoms. The lowest BCUT2D eigenvalue weighted by molar-refractivity contribution is -0.114. The number of carbonyl (C=O) groups is 2. The summed E-state index contributed by atoms with van der Waals surface area (Å²) in [5, 5.41) is 29.6. The Balaban J connectivity index is 0.000000534. The molecular formula is C14H18N4O4. The van der Waals surface area contributed by atoms with Crippen molar-refractivity contribution in [2.45, 2.75) is 13.8 Å². The number of anilines is 2. The van der Waals surface area contributed by atoms with Gasteiger partial charge in [0.15, 0.2) is 0 Å². The lowest BCUT2D eigenvalue weighted by Gasteiger charge is -2.04. The van der Waals surface area contributed by atoms with Crippen molar-refractivity contribution in [3.63, 3.8) is 0 Å². The third kappa shape index (κ3) is 8.19. The molecule has 0 aliphatic carbocycles. The summed E-state index contributed by atoms with van der Waals surface area (Å²) in [7, 11) is 0. The van der Waals surface area contributed by atoms with Crippen molar-refractivity contribution in [2.24, 2.45) is 5.73 Å². The minimum atomic E-state index is -1.13. The maximum absolute atomic E-state index is 10.9. The highest BCUT2D eigenvalue weighted by molar-refractivity contribution is 5.92. The van der Waals surface area contributed by atoms with Gasteiger partial charge in [0.2, 0.25) is 5.91 Å². The summed E-state index contributed by atoms with van der Waals surface area (Å²) in [4.78, 5) is 21.2. The van der Waals surface area contributed by atoms with E-state index in [9.17, 15) is 9.59 Å². The Bertz CT molecular complexity index is 584. The molecule has 0 radical (unpaired) electrons. The molecule has 8 nitrogen and oxygen atoms in total. The largest absolute Gasteiger partial charge is 0.512 e. The summed E-state index contributed by atoms with van der Waals surface area (Å²) in [6.07, 6.45) is -1.13. The van der Waals surface area contributed by atoms with E-state index in [1.807, 2.05) is 0 Å². The molecule has 0 aliphatic rings. The number of hydrogen-bond donors (Lipinski definition) is 5. The first kappa shape index (κ1) is 18.9. The van der Waals surface area contributed by atoms with E-state index in [4.69, 9.17) is 21.2 Å². The number of aliphatic hydroxyl groups excluding tert-OH is 1. The molecule has 1 rings (SSSR count). The van der Waals surface area contributed by atoms with E-state index < -0.39 is 6.09 Å². The van der Waals surface area contributed by atoms with Crippen molar-refractivity contribution in [2.75, 3.05) is 17.2 Å². The number of allylic oxidation sites excluding steroid dienone is 2. The monoisotopic (exact) mass is 306 g/mol. The van der Waals surface area contributed by atoms with Crippen LogP contribution >= 0.6 is 0 Å². The van der Waals surface area contributed by atoms with Gasteiger partial charge in [-0.2, -0.15) is 5.26 Å². The Morgan fingerprint density at radius 2 is 1.59 bits per heavy atom. The zero-order chi connectivity index (χ0) is 17.1. The standard InChI is InChI=1S/C9H11N3O3.C5H7NO/c10-5-8(13)11-6-1-3-7(4-2-6)12-9(14)15;1-4(3-6)5(2)7/h1-4,12H,5,10H2,(H,11,13)(H,14,15);7H,1-2H3. The Morgan fingerprint density at radius 3 is 1.86 bits per heavy atom. The van der Waals surface area contributed by atoms with E-state index in [0.29, 0.717) is 16.9 Å². The van der Waals surface area contributed by atoms with Crippen molar-refractivity contribution in [3.05, 3.63) is 35.6 Å². The molecule has 0 atom stereocenters. The molecule has 118 valence electrons. The summed E-state index contributed by atoms with van der Waals surface area (Å²) >= 11 is 0. The Labute approximate surface area is 127 Å². The highest BCUT2D eigenvalue weighted by Crippen LogP contribution is 2.13. The molecule has 6 N–H and O–H groups in total. The van der Waals surface area contributed by atoms with Gasteiger partial charge in [-0.05, 0) is 38.1 Å². The third-order valence-corrected chi connectivity index (χ3v) is 2.32. The second-order valence-corrected chi connectivity index (χ2v) is 4.08. The Hall–Kier alpha value is -3.05. The Morgan fingerprint density at radius 1 is 1.14 bits per heavy atom. The first-order valence-corrected chi connectivity index (χ1v) is 6.16. The van der Waals surface area contributed by atoms with Crippen LogP contribution in [0.1, 0.15) is 13.8 Å². The van der Waals surface area contributed by atoms with Crippen LogP contribution in [0.4, 0.5) is 16.2 Å². The maximum Gasteiger partial charge on any atom is 0.409 e. The minimum Gasteiger partial charge on any atom is -0.512 e. The fourth-order valence-electron chi connectivity index (χ4n) is 1.05. The molecular weight excluding hydrogens is 288 g/mol. The van der Waals surface area contributed by atoms with Gasteiger partial charge in [0, 0.05) is 11.4 Å². The summed E-state index contributed by atoms with van der Waals surface area (Å²) in [5.41, 5.74) is 6.50. The van der Waals surface area contributed by atoms with Gasteiger partial charge < -0.3 is 21.3 Å². The third-order valence-electron chi connectivity index (χ3n) is 2.32. The zero-order valence-corrected chi connectivity index (χ0v) is 12.3. The number of benzene rings is 1. The van der Waals surface area contributed by atoms with Gasteiger partial charge in [0.1, 0.15) is 5.76 Å². The van der Waals surface area contributed by atoms with Gasteiger partial charge in [0.05, 0.1) is 18.2 Å². The average molecular weight is 306 g/mol. The van der Waals surface area contributed by atoms with Crippen LogP contribution in [0.5, 0.6) is 0 Å². The molecule has 8 heteroatoms. The highest BCUT2D eigenvalue weighted by atomic mass is 16.4. The van der Waals surface area contributed by atoms with E-state index in [2.05, 4.69) is 10.6 Å². The van der Waals surface area contributed by atoms with Gasteiger partial charge >= 0.3 is 6.09 Å². The van der Waals surface area contributed by atoms with E-state index >= 15 is 0 Å². The fraction of sp³-hybridized carbons (Fsp3) is 0.214. The van der Waals surface area contributed by atoms with Gasteiger partial charge in [0.25, 0.3) is 0 Å². The predicted molar refractivity (Wildman–Crippen MR) is 82.4 cm³/mol. The number of carboxylic acid groups (broad SMARTS) is 1. The molecule has 1 aromatic rings. The number of aliphatic hydroxyl groups is 1. The number of amides is 2. The predicted octanol–water partition coefficient (Wildman–Crippen LogP) is 2.04. The molecule has 0 saturated heterocycles.